The van der Waals surface area contributed by atoms with E-state index in [9.17, 15) is 0 Å². The average molecular weight is 280 g/mol. The smallest absolute Gasteiger partial charge is 0.258 e. The Bertz CT molecular complexity index is 559. The number of anilines is 1. The molecule has 1 fully saturated rings. The number of ether oxygens (including phenoxy) is 1. The van der Waals surface area contributed by atoms with Crippen molar-refractivity contribution < 1.29 is 9.26 Å². The Morgan fingerprint density at radius 1 is 1.21 bits per heavy atom. The largest absolute Gasteiger partial charge is 0.399 e. The Labute approximate surface area is 115 Å². The van der Waals surface area contributed by atoms with Crippen LogP contribution >= 0.6 is 11.6 Å². The summed E-state index contributed by atoms with van der Waals surface area (Å²) in [4.78, 5) is 4.44. The van der Waals surface area contributed by atoms with Gasteiger partial charge in [-0.25, -0.2) is 0 Å². The number of hydrogen-bond donors (Lipinski definition) is 1. The monoisotopic (exact) mass is 279 g/mol. The Morgan fingerprint density at radius 3 is 2.74 bits per heavy atom. The van der Waals surface area contributed by atoms with Gasteiger partial charge in [-0.1, -0.05) is 16.8 Å². The van der Waals surface area contributed by atoms with Crippen LogP contribution in [0.15, 0.2) is 22.7 Å². The van der Waals surface area contributed by atoms with Gasteiger partial charge >= 0.3 is 0 Å². The highest BCUT2D eigenvalue weighted by molar-refractivity contribution is 6.31. The second-order valence-electron chi connectivity index (χ2n) is 4.62. The molecule has 1 aromatic carbocycles. The molecule has 1 aliphatic rings. The molecule has 0 unspecified atom stereocenters. The van der Waals surface area contributed by atoms with Gasteiger partial charge in [0.1, 0.15) is 0 Å². The summed E-state index contributed by atoms with van der Waals surface area (Å²) >= 11 is 5.97. The number of rotatable bonds is 2. The van der Waals surface area contributed by atoms with Crippen LogP contribution < -0.4 is 5.73 Å². The molecule has 3 rings (SSSR count). The fraction of sp³-hybridized carbons (Fsp3) is 0.385. The minimum Gasteiger partial charge on any atom is -0.399 e. The molecule has 0 aliphatic carbocycles. The molecule has 2 N–H and O–H groups in total. The zero-order valence-electron chi connectivity index (χ0n) is 10.3. The van der Waals surface area contributed by atoms with Crippen LogP contribution in [0.4, 0.5) is 5.69 Å². The van der Waals surface area contributed by atoms with E-state index in [-0.39, 0.29) is 0 Å². The Hall–Kier alpha value is -1.59. The van der Waals surface area contributed by atoms with Gasteiger partial charge in [-0.05, 0) is 31.0 Å². The third kappa shape index (κ3) is 2.72. The summed E-state index contributed by atoms with van der Waals surface area (Å²) in [6.45, 7) is 1.50. The van der Waals surface area contributed by atoms with Crippen LogP contribution in [-0.2, 0) is 4.74 Å². The summed E-state index contributed by atoms with van der Waals surface area (Å²) < 4.78 is 10.6. The van der Waals surface area contributed by atoms with Crippen molar-refractivity contribution >= 4 is 17.3 Å². The molecule has 0 bridgehead atoms. The van der Waals surface area contributed by atoms with Crippen molar-refractivity contribution in [3.8, 4) is 11.5 Å². The van der Waals surface area contributed by atoms with Crippen molar-refractivity contribution in [2.75, 3.05) is 18.9 Å². The lowest BCUT2D eigenvalue weighted by atomic mass is 10.00. The quantitative estimate of drug-likeness (QED) is 0.856. The van der Waals surface area contributed by atoms with E-state index in [2.05, 4.69) is 10.1 Å². The van der Waals surface area contributed by atoms with E-state index in [4.69, 9.17) is 26.6 Å². The van der Waals surface area contributed by atoms with Gasteiger partial charge in [-0.15, -0.1) is 0 Å². The molecule has 100 valence electrons. The van der Waals surface area contributed by atoms with Crippen molar-refractivity contribution in [2.24, 2.45) is 0 Å². The molecule has 2 heterocycles. The van der Waals surface area contributed by atoms with Gasteiger partial charge < -0.3 is 15.0 Å². The van der Waals surface area contributed by atoms with Crippen LogP contribution in [0.1, 0.15) is 24.6 Å². The lowest BCUT2D eigenvalue weighted by molar-refractivity contribution is 0.0830. The molecule has 19 heavy (non-hydrogen) atoms. The van der Waals surface area contributed by atoms with Crippen molar-refractivity contribution in [1.82, 2.24) is 10.1 Å². The summed E-state index contributed by atoms with van der Waals surface area (Å²) in [5.74, 6) is 1.50. The van der Waals surface area contributed by atoms with E-state index in [1.54, 1.807) is 18.2 Å². The normalized spacial score (nSPS) is 16.7. The second-order valence-corrected chi connectivity index (χ2v) is 5.05. The molecule has 5 nitrogen and oxygen atoms in total. The third-order valence-electron chi connectivity index (χ3n) is 3.20. The molecule has 0 atom stereocenters. The van der Waals surface area contributed by atoms with E-state index in [1.165, 1.54) is 0 Å². The maximum absolute atomic E-state index is 5.97. The maximum atomic E-state index is 5.97. The van der Waals surface area contributed by atoms with Crippen LogP contribution in [0.2, 0.25) is 5.02 Å². The Kier molecular flexibility index (Phi) is 3.40. The SMILES string of the molecule is Nc1cc(Cl)cc(-c2nc(C3CCOCC3)no2)c1. The van der Waals surface area contributed by atoms with E-state index in [0.717, 1.165) is 37.4 Å². The molecule has 2 aromatic rings. The number of nitrogens with two attached hydrogens (primary N) is 1. The van der Waals surface area contributed by atoms with E-state index in [1.807, 2.05) is 0 Å². The van der Waals surface area contributed by atoms with Gasteiger partial charge in [0.2, 0.25) is 0 Å². The fourth-order valence-electron chi connectivity index (χ4n) is 2.21. The zero-order chi connectivity index (χ0) is 13.2. The molecule has 0 radical (unpaired) electrons. The molecule has 0 spiro atoms. The standard InChI is InChI=1S/C13H14ClN3O2/c14-10-5-9(6-11(15)7-10)13-16-12(17-19-13)8-1-3-18-4-2-8/h5-8H,1-4,15H2. The summed E-state index contributed by atoms with van der Waals surface area (Å²) in [7, 11) is 0. The highest BCUT2D eigenvalue weighted by atomic mass is 35.5. The molecular formula is C13H14ClN3O2. The zero-order valence-corrected chi connectivity index (χ0v) is 11.1. The van der Waals surface area contributed by atoms with Crippen molar-refractivity contribution in [1.29, 1.82) is 0 Å². The van der Waals surface area contributed by atoms with Gasteiger partial charge in [-0.2, -0.15) is 4.98 Å². The first-order valence-corrected chi connectivity index (χ1v) is 6.58. The Balaban J connectivity index is 1.87. The van der Waals surface area contributed by atoms with E-state index < -0.39 is 0 Å². The van der Waals surface area contributed by atoms with E-state index in [0.29, 0.717) is 22.5 Å². The minimum atomic E-state index is 0.308. The van der Waals surface area contributed by atoms with Crippen LogP contribution in [0, 0.1) is 0 Å². The number of nitrogens with zero attached hydrogens (tertiary/aromatic N) is 2. The molecule has 6 heteroatoms. The fourth-order valence-corrected chi connectivity index (χ4v) is 2.45. The third-order valence-corrected chi connectivity index (χ3v) is 3.41. The summed E-state index contributed by atoms with van der Waals surface area (Å²) in [6, 6.07) is 5.22. The van der Waals surface area contributed by atoms with E-state index >= 15 is 0 Å². The predicted molar refractivity (Wildman–Crippen MR) is 72.0 cm³/mol. The number of aromatic nitrogens is 2. The van der Waals surface area contributed by atoms with Gasteiger partial charge in [0.25, 0.3) is 5.89 Å². The van der Waals surface area contributed by atoms with Gasteiger partial charge in [0.05, 0.1) is 0 Å². The second kappa shape index (κ2) is 5.19. The molecule has 1 aromatic heterocycles. The minimum absolute atomic E-state index is 0.308. The number of benzene rings is 1. The highest BCUT2D eigenvalue weighted by Crippen LogP contribution is 2.29. The van der Waals surface area contributed by atoms with Crippen molar-refractivity contribution in [3.05, 3.63) is 29.0 Å². The topological polar surface area (TPSA) is 74.2 Å². The van der Waals surface area contributed by atoms with Crippen LogP contribution in [-0.4, -0.2) is 23.4 Å². The molecule has 0 amide bonds. The molecule has 1 aliphatic heterocycles. The average Bonchev–Trinajstić information content (AvgIpc) is 2.88. The molecule has 0 saturated carbocycles. The Morgan fingerprint density at radius 2 is 2.00 bits per heavy atom. The first kappa shape index (κ1) is 12.4. The summed E-state index contributed by atoms with van der Waals surface area (Å²) in [5, 5.41) is 4.61. The highest BCUT2D eigenvalue weighted by Gasteiger charge is 2.21. The van der Waals surface area contributed by atoms with Crippen LogP contribution in [0.25, 0.3) is 11.5 Å². The molecule has 1 saturated heterocycles. The molecular weight excluding hydrogens is 266 g/mol. The summed E-state index contributed by atoms with van der Waals surface area (Å²) in [5.41, 5.74) is 7.08. The number of hydrogen-bond acceptors (Lipinski definition) is 5. The maximum Gasteiger partial charge on any atom is 0.258 e. The number of nitrogen functional groups attached to an aromatic ring is 1. The van der Waals surface area contributed by atoms with Gasteiger partial charge in [0.15, 0.2) is 5.82 Å². The first-order chi connectivity index (χ1) is 9.22. The summed E-state index contributed by atoms with van der Waals surface area (Å²) in [6.07, 6.45) is 1.85. The lowest BCUT2D eigenvalue weighted by Crippen LogP contribution is -2.15. The van der Waals surface area contributed by atoms with Crippen molar-refractivity contribution in [3.63, 3.8) is 0 Å². The predicted octanol–water partition coefficient (Wildman–Crippen LogP) is 2.87. The van der Waals surface area contributed by atoms with Gasteiger partial charge in [0, 0.05) is 35.4 Å². The lowest BCUT2D eigenvalue weighted by Gasteiger charge is -2.18. The first-order valence-electron chi connectivity index (χ1n) is 6.20. The van der Waals surface area contributed by atoms with Crippen molar-refractivity contribution in [2.45, 2.75) is 18.8 Å². The number of halogens is 1. The van der Waals surface area contributed by atoms with Gasteiger partial charge in [-0.3, -0.25) is 0 Å². The van der Waals surface area contributed by atoms with Crippen LogP contribution in [0.3, 0.4) is 0 Å². The van der Waals surface area contributed by atoms with Crippen LogP contribution in [0.5, 0.6) is 0 Å².